The predicted molar refractivity (Wildman–Crippen MR) is 97.2 cm³/mol. The number of carbonyl (C=O) groups excluding carboxylic acids is 2. The van der Waals surface area contributed by atoms with Gasteiger partial charge in [-0.05, 0) is 17.7 Å². The second-order valence-corrected chi connectivity index (χ2v) is 5.99. The van der Waals surface area contributed by atoms with E-state index in [4.69, 9.17) is 4.74 Å². The molecule has 0 saturated carbocycles. The summed E-state index contributed by atoms with van der Waals surface area (Å²) in [4.78, 5) is 23.7. The fourth-order valence-corrected chi connectivity index (χ4v) is 2.67. The first-order valence-corrected chi connectivity index (χ1v) is 8.65. The molecular weight excluding hydrogens is 324 g/mol. The number of thioether (sulfide) groups is 1. The van der Waals surface area contributed by atoms with Gasteiger partial charge in [0.25, 0.3) is 0 Å². The van der Waals surface area contributed by atoms with Crippen LogP contribution in [0.3, 0.4) is 0 Å². The quantitative estimate of drug-likeness (QED) is 0.773. The lowest BCUT2D eigenvalue weighted by Gasteiger charge is -2.09. The van der Waals surface area contributed by atoms with Gasteiger partial charge in [0, 0.05) is 6.54 Å². The van der Waals surface area contributed by atoms with Gasteiger partial charge in [0.15, 0.2) is 0 Å². The molecule has 0 bridgehead atoms. The van der Waals surface area contributed by atoms with Crippen LogP contribution in [-0.4, -0.2) is 30.4 Å². The van der Waals surface area contributed by atoms with Crippen LogP contribution in [0.15, 0.2) is 54.6 Å². The fourth-order valence-electron chi connectivity index (χ4n) is 2.02. The topological polar surface area (TPSA) is 67.4 Å². The molecule has 0 aromatic heterocycles. The summed E-state index contributed by atoms with van der Waals surface area (Å²) in [5.74, 6) is 0.800. The van der Waals surface area contributed by atoms with E-state index in [0.29, 0.717) is 18.0 Å². The van der Waals surface area contributed by atoms with E-state index in [1.807, 2.05) is 42.5 Å². The number of hydrogen-bond donors (Lipinski definition) is 2. The van der Waals surface area contributed by atoms with Crippen molar-refractivity contribution in [1.82, 2.24) is 5.32 Å². The first-order chi connectivity index (χ1) is 11.7. The minimum Gasteiger partial charge on any atom is -0.495 e. The first-order valence-electron chi connectivity index (χ1n) is 7.50. The Morgan fingerprint density at radius 2 is 1.62 bits per heavy atom. The van der Waals surface area contributed by atoms with Gasteiger partial charge in [-0.1, -0.05) is 42.5 Å². The maximum Gasteiger partial charge on any atom is 0.234 e. The third kappa shape index (κ3) is 5.96. The van der Waals surface area contributed by atoms with Crippen LogP contribution < -0.4 is 15.4 Å². The van der Waals surface area contributed by atoms with Crippen molar-refractivity contribution < 1.29 is 14.3 Å². The molecule has 24 heavy (non-hydrogen) atoms. The van der Waals surface area contributed by atoms with Gasteiger partial charge in [-0.25, -0.2) is 0 Å². The molecule has 0 unspecified atom stereocenters. The molecule has 5 nitrogen and oxygen atoms in total. The lowest BCUT2D eigenvalue weighted by atomic mass is 10.2. The fraction of sp³-hybridized carbons (Fsp3) is 0.222. The number of benzene rings is 2. The number of para-hydroxylation sites is 2. The highest BCUT2D eigenvalue weighted by Gasteiger charge is 2.08. The average molecular weight is 344 g/mol. The zero-order valence-electron chi connectivity index (χ0n) is 13.5. The molecule has 0 atom stereocenters. The summed E-state index contributed by atoms with van der Waals surface area (Å²) in [7, 11) is 1.55. The standard InChI is InChI=1S/C18H20N2O3S/c1-23-16-10-6-5-9-15(16)20-18(22)13-24-12-17(21)19-11-14-7-3-2-4-8-14/h2-10H,11-13H2,1H3,(H,19,21)(H,20,22). The Morgan fingerprint density at radius 1 is 0.958 bits per heavy atom. The molecule has 0 aliphatic rings. The summed E-state index contributed by atoms with van der Waals surface area (Å²) in [5, 5.41) is 5.61. The highest BCUT2D eigenvalue weighted by Crippen LogP contribution is 2.23. The van der Waals surface area contributed by atoms with Gasteiger partial charge < -0.3 is 15.4 Å². The number of nitrogens with one attached hydrogen (secondary N) is 2. The molecular formula is C18H20N2O3S. The number of carbonyl (C=O) groups is 2. The Hall–Kier alpha value is -2.47. The number of hydrogen-bond acceptors (Lipinski definition) is 4. The molecule has 0 aliphatic carbocycles. The van der Waals surface area contributed by atoms with Crippen molar-refractivity contribution in [3.63, 3.8) is 0 Å². The molecule has 2 rings (SSSR count). The van der Waals surface area contributed by atoms with E-state index in [9.17, 15) is 9.59 Å². The van der Waals surface area contributed by atoms with E-state index in [-0.39, 0.29) is 23.3 Å². The second kappa shape index (κ2) is 9.62. The molecule has 2 amide bonds. The molecule has 6 heteroatoms. The monoisotopic (exact) mass is 344 g/mol. The van der Waals surface area contributed by atoms with E-state index < -0.39 is 0 Å². The van der Waals surface area contributed by atoms with E-state index in [1.165, 1.54) is 11.8 Å². The van der Waals surface area contributed by atoms with Crippen molar-refractivity contribution in [2.75, 3.05) is 23.9 Å². The molecule has 126 valence electrons. The smallest absolute Gasteiger partial charge is 0.234 e. The lowest BCUT2D eigenvalue weighted by Crippen LogP contribution is -2.25. The summed E-state index contributed by atoms with van der Waals surface area (Å²) in [6.45, 7) is 0.494. The van der Waals surface area contributed by atoms with Crippen LogP contribution in [-0.2, 0) is 16.1 Å². The number of ether oxygens (including phenoxy) is 1. The molecule has 0 saturated heterocycles. The first kappa shape index (κ1) is 17.9. The van der Waals surface area contributed by atoms with Gasteiger partial charge in [0.05, 0.1) is 24.3 Å². The van der Waals surface area contributed by atoms with Gasteiger partial charge >= 0.3 is 0 Å². The SMILES string of the molecule is COc1ccccc1NC(=O)CSCC(=O)NCc1ccccc1. The Labute approximate surface area is 145 Å². The van der Waals surface area contributed by atoms with E-state index in [2.05, 4.69) is 10.6 Å². The molecule has 0 heterocycles. The summed E-state index contributed by atoms with van der Waals surface area (Å²) < 4.78 is 5.18. The Balaban J connectivity index is 1.67. The van der Waals surface area contributed by atoms with E-state index in [0.717, 1.165) is 5.56 Å². The van der Waals surface area contributed by atoms with Crippen molar-refractivity contribution in [2.24, 2.45) is 0 Å². The van der Waals surface area contributed by atoms with Gasteiger partial charge in [-0.3, -0.25) is 9.59 Å². The summed E-state index contributed by atoms with van der Waals surface area (Å²) in [6.07, 6.45) is 0. The van der Waals surface area contributed by atoms with E-state index >= 15 is 0 Å². The highest BCUT2D eigenvalue weighted by molar-refractivity contribution is 8.00. The molecule has 2 N–H and O–H groups in total. The average Bonchev–Trinajstić information content (AvgIpc) is 2.61. The molecule has 0 radical (unpaired) electrons. The Bertz CT molecular complexity index is 677. The van der Waals surface area contributed by atoms with Crippen LogP contribution in [0.25, 0.3) is 0 Å². The maximum atomic E-state index is 11.9. The van der Waals surface area contributed by atoms with Gasteiger partial charge in [-0.2, -0.15) is 0 Å². The Morgan fingerprint density at radius 3 is 2.38 bits per heavy atom. The minimum absolute atomic E-state index is 0.0889. The minimum atomic E-state index is -0.166. The molecule has 2 aromatic carbocycles. The summed E-state index contributed by atoms with van der Waals surface area (Å²) in [5.41, 5.74) is 1.67. The number of amides is 2. The van der Waals surface area contributed by atoms with Crippen LogP contribution in [0.4, 0.5) is 5.69 Å². The maximum absolute atomic E-state index is 11.9. The zero-order chi connectivity index (χ0) is 17.2. The molecule has 0 fully saturated rings. The van der Waals surface area contributed by atoms with E-state index in [1.54, 1.807) is 19.2 Å². The highest BCUT2D eigenvalue weighted by atomic mass is 32.2. The van der Waals surface area contributed by atoms with Gasteiger partial charge in [0.2, 0.25) is 11.8 Å². The van der Waals surface area contributed by atoms with Crippen LogP contribution in [0, 0.1) is 0 Å². The van der Waals surface area contributed by atoms with Gasteiger partial charge in [-0.15, -0.1) is 11.8 Å². The largest absolute Gasteiger partial charge is 0.495 e. The summed E-state index contributed by atoms with van der Waals surface area (Å²) in [6, 6.07) is 16.9. The molecule has 0 spiro atoms. The third-order valence-corrected chi connectivity index (χ3v) is 4.11. The van der Waals surface area contributed by atoms with Crippen molar-refractivity contribution in [2.45, 2.75) is 6.54 Å². The lowest BCUT2D eigenvalue weighted by molar-refractivity contribution is -0.118. The molecule has 2 aromatic rings. The predicted octanol–water partition coefficient (Wildman–Crippen LogP) is 2.68. The zero-order valence-corrected chi connectivity index (χ0v) is 14.3. The Kier molecular flexibility index (Phi) is 7.17. The second-order valence-electron chi connectivity index (χ2n) is 5.00. The third-order valence-electron chi connectivity index (χ3n) is 3.18. The van der Waals surface area contributed by atoms with Gasteiger partial charge in [0.1, 0.15) is 5.75 Å². The van der Waals surface area contributed by atoms with Crippen LogP contribution in [0.1, 0.15) is 5.56 Å². The summed E-state index contributed by atoms with van der Waals surface area (Å²) >= 11 is 1.27. The number of methoxy groups -OCH3 is 1. The van der Waals surface area contributed by atoms with Crippen LogP contribution >= 0.6 is 11.8 Å². The van der Waals surface area contributed by atoms with Crippen LogP contribution in [0.5, 0.6) is 5.75 Å². The van der Waals surface area contributed by atoms with Crippen molar-refractivity contribution in [1.29, 1.82) is 0 Å². The van der Waals surface area contributed by atoms with Crippen molar-refractivity contribution in [3.05, 3.63) is 60.2 Å². The molecule has 0 aliphatic heterocycles. The normalized spacial score (nSPS) is 10.0. The van der Waals surface area contributed by atoms with Crippen LogP contribution in [0.2, 0.25) is 0 Å². The number of anilines is 1. The van der Waals surface area contributed by atoms with Crippen molar-refractivity contribution >= 4 is 29.3 Å². The van der Waals surface area contributed by atoms with Crippen molar-refractivity contribution in [3.8, 4) is 5.75 Å². The number of rotatable bonds is 8.